The van der Waals surface area contributed by atoms with E-state index in [9.17, 15) is 5.11 Å². The van der Waals surface area contributed by atoms with Gasteiger partial charge in [0.1, 0.15) is 0 Å². The van der Waals surface area contributed by atoms with Crippen LogP contribution >= 0.6 is 0 Å². The molecule has 0 aromatic rings. The van der Waals surface area contributed by atoms with Crippen LogP contribution in [0.4, 0.5) is 0 Å². The minimum atomic E-state index is -0.979. The molecule has 0 aromatic heterocycles. The van der Waals surface area contributed by atoms with Crippen LogP contribution < -0.4 is 5.32 Å². The summed E-state index contributed by atoms with van der Waals surface area (Å²) in [7, 11) is 0. The zero-order valence-corrected chi connectivity index (χ0v) is 9.51. The second-order valence-corrected chi connectivity index (χ2v) is 5.64. The highest BCUT2D eigenvalue weighted by Gasteiger charge is 2.31. The van der Waals surface area contributed by atoms with E-state index in [-0.39, 0.29) is 6.61 Å². The van der Waals surface area contributed by atoms with Crippen molar-refractivity contribution in [2.75, 3.05) is 13.2 Å². The SMILES string of the molecule is CC1(C)CCC(NCC(C)(O)CO)C1. The standard InChI is InChI=1S/C11H23NO2/c1-10(2)5-4-9(6-10)12-7-11(3,14)8-13/h9,12-14H,4-8H2,1-3H3. The molecule has 0 aromatic carbocycles. The Morgan fingerprint density at radius 2 is 2.14 bits per heavy atom. The lowest BCUT2D eigenvalue weighted by atomic mass is 9.92. The molecule has 3 N–H and O–H groups in total. The summed E-state index contributed by atoms with van der Waals surface area (Å²) in [5, 5.41) is 21.8. The molecular weight excluding hydrogens is 178 g/mol. The van der Waals surface area contributed by atoms with Gasteiger partial charge in [-0.1, -0.05) is 13.8 Å². The van der Waals surface area contributed by atoms with E-state index in [0.717, 1.165) is 6.42 Å². The zero-order valence-electron chi connectivity index (χ0n) is 9.51. The van der Waals surface area contributed by atoms with Crippen molar-refractivity contribution in [3.8, 4) is 0 Å². The predicted molar refractivity (Wildman–Crippen MR) is 57.1 cm³/mol. The van der Waals surface area contributed by atoms with E-state index in [0.29, 0.717) is 18.0 Å². The van der Waals surface area contributed by atoms with Gasteiger partial charge in [-0.3, -0.25) is 0 Å². The Kier molecular flexibility index (Phi) is 3.56. The molecule has 0 amide bonds. The Morgan fingerprint density at radius 3 is 2.57 bits per heavy atom. The van der Waals surface area contributed by atoms with E-state index >= 15 is 0 Å². The first-order valence-corrected chi connectivity index (χ1v) is 5.41. The summed E-state index contributed by atoms with van der Waals surface area (Å²) in [4.78, 5) is 0. The summed E-state index contributed by atoms with van der Waals surface area (Å²) in [6.07, 6.45) is 3.58. The van der Waals surface area contributed by atoms with Gasteiger partial charge < -0.3 is 15.5 Å². The van der Waals surface area contributed by atoms with E-state index in [1.165, 1.54) is 12.8 Å². The lowest BCUT2D eigenvalue weighted by molar-refractivity contribution is 0.000680. The van der Waals surface area contributed by atoms with Crippen molar-refractivity contribution in [3.63, 3.8) is 0 Å². The van der Waals surface area contributed by atoms with Gasteiger partial charge in [0, 0.05) is 12.6 Å². The van der Waals surface area contributed by atoms with Crippen molar-refractivity contribution in [1.29, 1.82) is 0 Å². The van der Waals surface area contributed by atoms with Crippen LogP contribution in [0.2, 0.25) is 0 Å². The number of rotatable bonds is 4. The lowest BCUT2D eigenvalue weighted by Gasteiger charge is -2.24. The fraction of sp³-hybridized carbons (Fsp3) is 1.00. The monoisotopic (exact) mass is 201 g/mol. The first-order valence-electron chi connectivity index (χ1n) is 5.41. The Labute approximate surface area is 86.5 Å². The molecule has 1 saturated carbocycles. The second kappa shape index (κ2) is 4.17. The van der Waals surface area contributed by atoms with E-state index in [2.05, 4.69) is 19.2 Å². The van der Waals surface area contributed by atoms with E-state index in [4.69, 9.17) is 5.11 Å². The highest BCUT2D eigenvalue weighted by atomic mass is 16.3. The maximum absolute atomic E-state index is 9.60. The predicted octanol–water partition coefficient (Wildman–Crippen LogP) is 0.898. The van der Waals surface area contributed by atoms with E-state index < -0.39 is 5.60 Å². The largest absolute Gasteiger partial charge is 0.393 e. The molecule has 14 heavy (non-hydrogen) atoms. The Morgan fingerprint density at radius 1 is 1.50 bits per heavy atom. The minimum Gasteiger partial charge on any atom is -0.393 e. The molecule has 3 heteroatoms. The number of nitrogens with one attached hydrogen (secondary N) is 1. The van der Waals surface area contributed by atoms with Gasteiger partial charge in [-0.2, -0.15) is 0 Å². The summed E-state index contributed by atoms with van der Waals surface area (Å²) in [5.74, 6) is 0. The molecule has 84 valence electrons. The van der Waals surface area contributed by atoms with Crippen molar-refractivity contribution in [3.05, 3.63) is 0 Å². The third-order valence-corrected chi connectivity index (χ3v) is 3.08. The molecule has 1 aliphatic rings. The van der Waals surface area contributed by atoms with Crippen LogP contribution in [0.3, 0.4) is 0 Å². The van der Waals surface area contributed by atoms with Gasteiger partial charge in [-0.15, -0.1) is 0 Å². The van der Waals surface area contributed by atoms with Crippen molar-refractivity contribution in [2.24, 2.45) is 5.41 Å². The normalized spacial score (nSPS) is 30.2. The molecule has 1 aliphatic carbocycles. The first-order chi connectivity index (χ1) is 6.35. The smallest absolute Gasteiger partial charge is 0.0972 e. The van der Waals surface area contributed by atoms with Gasteiger partial charge in [0.25, 0.3) is 0 Å². The fourth-order valence-corrected chi connectivity index (χ4v) is 2.03. The van der Waals surface area contributed by atoms with E-state index in [1.54, 1.807) is 6.92 Å². The van der Waals surface area contributed by atoms with Crippen molar-refractivity contribution in [1.82, 2.24) is 5.32 Å². The Bertz CT molecular complexity index is 190. The van der Waals surface area contributed by atoms with Gasteiger partial charge >= 0.3 is 0 Å². The summed E-state index contributed by atoms with van der Waals surface area (Å²) in [5.41, 5.74) is -0.546. The van der Waals surface area contributed by atoms with Crippen LogP contribution in [0.15, 0.2) is 0 Å². The van der Waals surface area contributed by atoms with Crippen LogP contribution in [-0.4, -0.2) is 35.0 Å². The van der Waals surface area contributed by atoms with Crippen LogP contribution in [0, 0.1) is 5.41 Å². The number of aliphatic hydroxyl groups excluding tert-OH is 1. The second-order valence-electron chi connectivity index (χ2n) is 5.64. The highest BCUT2D eigenvalue weighted by Crippen LogP contribution is 2.36. The molecule has 0 bridgehead atoms. The molecule has 0 spiro atoms. The molecule has 3 nitrogen and oxygen atoms in total. The highest BCUT2D eigenvalue weighted by molar-refractivity contribution is 4.88. The number of aliphatic hydroxyl groups is 2. The van der Waals surface area contributed by atoms with Gasteiger partial charge in [-0.05, 0) is 31.6 Å². The van der Waals surface area contributed by atoms with E-state index in [1.807, 2.05) is 0 Å². The molecule has 2 atom stereocenters. The maximum Gasteiger partial charge on any atom is 0.0972 e. The Balaban J connectivity index is 2.27. The molecule has 0 saturated heterocycles. The molecular formula is C11H23NO2. The fourth-order valence-electron chi connectivity index (χ4n) is 2.03. The quantitative estimate of drug-likeness (QED) is 0.633. The topological polar surface area (TPSA) is 52.5 Å². The number of hydrogen-bond acceptors (Lipinski definition) is 3. The third kappa shape index (κ3) is 3.56. The Hall–Kier alpha value is -0.120. The van der Waals surface area contributed by atoms with Crippen molar-refractivity contribution >= 4 is 0 Å². The average Bonchev–Trinajstić information content (AvgIpc) is 2.43. The average molecular weight is 201 g/mol. The van der Waals surface area contributed by atoms with Crippen molar-refractivity contribution < 1.29 is 10.2 Å². The molecule has 0 aliphatic heterocycles. The number of hydrogen-bond donors (Lipinski definition) is 3. The van der Waals surface area contributed by atoms with Gasteiger partial charge in [0.15, 0.2) is 0 Å². The first kappa shape index (κ1) is 12.0. The molecule has 0 heterocycles. The summed E-state index contributed by atoms with van der Waals surface area (Å²) < 4.78 is 0. The van der Waals surface area contributed by atoms with Crippen LogP contribution in [-0.2, 0) is 0 Å². The third-order valence-electron chi connectivity index (χ3n) is 3.08. The summed E-state index contributed by atoms with van der Waals surface area (Å²) in [6.45, 7) is 6.50. The molecule has 0 radical (unpaired) electrons. The molecule has 1 rings (SSSR count). The van der Waals surface area contributed by atoms with Gasteiger partial charge in [-0.25, -0.2) is 0 Å². The molecule has 2 unspecified atom stereocenters. The minimum absolute atomic E-state index is 0.184. The van der Waals surface area contributed by atoms with Gasteiger partial charge in [0.05, 0.1) is 12.2 Å². The maximum atomic E-state index is 9.60. The van der Waals surface area contributed by atoms with Gasteiger partial charge in [0.2, 0.25) is 0 Å². The van der Waals surface area contributed by atoms with Crippen LogP contribution in [0.25, 0.3) is 0 Å². The van der Waals surface area contributed by atoms with Crippen LogP contribution in [0.5, 0.6) is 0 Å². The lowest BCUT2D eigenvalue weighted by Crippen LogP contribution is -2.44. The van der Waals surface area contributed by atoms with Crippen molar-refractivity contribution in [2.45, 2.75) is 51.7 Å². The summed E-state index contributed by atoms with van der Waals surface area (Å²) in [6, 6.07) is 0.503. The summed E-state index contributed by atoms with van der Waals surface area (Å²) >= 11 is 0. The molecule has 1 fully saturated rings. The zero-order chi connectivity index (χ0) is 10.8. The van der Waals surface area contributed by atoms with Crippen LogP contribution in [0.1, 0.15) is 40.0 Å².